The standard InChI is InChI=1S/C22H16Br2N2O2/c23-20-7-5-16(6-8-20)14-27-22-10-9-21(24)11-19(22)13-26-28-15-18-4-2-1-3-17(18)12-25/h1-11,13H,14-15H2/b26-13-. The highest BCUT2D eigenvalue weighted by atomic mass is 79.9. The largest absolute Gasteiger partial charge is 0.488 e. The van der Waals surface area contributed by atoms with E-state index in [1.165, 1.54) is 0 Å². The molecule has 0 aliphatic heterocycles. The minimum absolute atomic E-state index is 0.226. The van der Waals surface area contributed by atoms with Crippen molar-refractivity contribution in [2.45, 2.75) is 13.2 Å². The summed E-state index contributed by atoms with van der Waals surface area (Å²) < 4.78 is 7.89. The Balaban J connectivity index is 1.65. The predicted octanol–water partition coefficient (Wildman–Crippen LogP) is 6.21. The molecule has 0 saturated heterocycles. The normalized spacial score (nSPS) is 10.6. The predicted molar refractivity (Wildman–Crippen MR) is 116 cm³/mol. The molecule has 0 aliphatic rings. The molecule has 0 amide bonds. The van der Waals surface area contributed by atoms with E-state index in [1.807, 2.05) is 60.7 Å². The van der Waals surface area contributed by atoms with E-state index in [0.29, 0.717) is 17.9 Å². The molecule has 0 radical (unpaired) electrons. The molecule has 28 heavy (non-hydrogen) atoms. The summed E-state index contributed by atoms with van der Waals surface area (Å²) in [6.07, 6.45) is 1.61. The Morgan fingerprint density at radius 1 is 0.929 bits per heavy atom. The van der Waals surface area contributed by atoms with Crippen LogP contribution in [0.3, 0.4) is 0 Å². The Morgan fingerprint density at radius 3 is 2.46 bits per heavy atom. The molecule has 0 aliphatic carbocycles. The van der Waals surface area contributed by atoms with Crippen molar-refractivity contribution in [3.63, 3.8) is 0 Å². The van der Waals surface area contributed by atoms with Gasteiger partial charge in [0.1, 0.15) is 19.0 Å². The summed E-state index contributed by atoms with van der Waals surface area (Å²) in [6, 6.07) is 23.1. The Bertz CT molecular complexity index is 1010. The number of rotatable bonds is 7. The zero-order valence-corrected chi connectivity index (χ0v) is 18.0. The first-order valence-corrected chi connectivity index (χ1v) is 10.0. The lowest BCUT2D eigenvalue weighted by Gasteiger charge is -2.10. The van der Waals surface area contributed by atoms with Gasteiger partial charge in [-0.25, -0.2) is 0 Å². The summed E-state index contributed by atoms with van der Waals surface area (Å²) in [4.78, 5) is 5.38. The van der Waals surface area contributed by atoms with Gasteiger partial charge in [0.05, 0.1) is 17.8 Å². The molecule has 0 N–H and O–H groups in total. The highest BCUT2D eigenvalue weighted by molar-refractivity contribution is 9.10. The van der Waals surface area contributed by atoms with Crippen LogP contribution in [0.15, 0.2) is 80.8 Å². The van der Waals surface area contributed by atoms with Gasteiger partial charge in [-0.1, -0.05) is 67.3 Å². The van der Waals surface area contributed by atoms with Crippen LogP contribution >= 0.6 is 31.9 Å². The molecule has 0 aromatic heterocycles. The van der Waals surface area contributed by atoms with Crippen LogP contribution in [0.2, 0.25) is 0 Å². The van der Waals surface area contributed by atoms with Gasteiger partial charge in [0.25, 0.3) is 0 Å². The van der Waals surface area contributed by atoms with E-state index in [0.717, 1.165) is 25.6 Å². The van der Waals surface area contributed by atoms with Gasteiger partial charge in [0, 0.05) is 20.1 Å². The van der Waals surface area contributed by atoms with Crippen molar-refractivity contribution in [1.29, 1.82) is 5.26 Å². The highest BCUT2D eigenvalue weighted by Gasteiger charge is 2.05. The average Bonchev–Trinajstić information content (AvgIpc) is 2.72. The molecular formula is C22H16Br2N2O2. The first-order chi connectivity index (χ1) is 13.7. The fourth-order valence-electron chi connectivity index (χ4n) is 2.45. The van der Waals surface area contributed by atoms with Gasteiger partial charge in [-0.15, -0.1) is 0 Å². The lowest BCUT2D eigenvalue weighted by molar-refractivity contribution is 0.132. The Labute approximate surface area is 180 Å². The average molecular weight is 500 g/mol. The number of hydrogen-bond acceptors (Lipinski definition) is 4. The van der Waals surface area contributed by atoms with E-state index in [1.54, 1.807) is 12.3 Å². The molecule has 0 unspecified atom stereocenters. The molecule has 3 rings (SSSR count). The van der Waals surface area contributed by atoms with Crippen LogP contribution in [0.1, 0.15) is 22.3 Å². The summed E-state index contributed by atoms with van der Waals surface area (Å²) >= 11 is 6.89. The minimum Gasteiger partial charge on any atom is -0.488 e. The number of hydrogen-bond donors (Lipinski definition) is 0. The molecule has 0 atom stereocenters. The number of nitriles is 1. The van der Waals surface area contributed by atoms with Crippen LogP contribution in [-0.4, -0.2) is 6.21 Å². The monoisotopic (exact) mass is 498 g/mol. The van der Waals surface area contributed by atoms with Gasteiger partial charge >= 0.3 is 0 Å². The zero-order chi connectivity index (χ0) is 19.8. The van der Waals surface area contributed by atoms with Gasteiger partial charge < -0.3 is 9.57 Å². The number of ether oxygens (including phenoxy) is 1. The molecule has 3 aromatic rings. The summed E-state index contributed by atoms with van der Waals surface area (Å²) in [5, 5.41) is 13.2. The maximum Gasteiger partial charge on any atom is 0.143 e. The van der Waals surface area contributed by atoms with Crippen molar-refractivity contribution < 1.29 is 9.57 Å². The second-order valence-electron chi connectivity index (χ2n) is 5.87. The number of oxime groups is 1. The van der Waals surface area contributed by atoms with Crippen molar-refractivity contribution in [2.24, 2.45) is 5.16 Å². The number of benzene rings is 3. The van der Waals surface area contributed by atoms with Crippen LogP contribution in [0.25, 0.3) is 0 Å². The quantitative estimate of drug-likeness (QED) is 0.286. The van der Waals surface area contributed by atoms with E-state index < -0.39 is 0 Å². The topological polar surface area (TPSA) is 54.6 Å². The molecule has 4 nitrogen and oxygen atoms in total. The molecule has 0 spiro atoms. The maximum absolute atomic E-state index is 9.12. The van der Waals surface area contributed by atoms with Crippen molar-refractivity contribution in [3.05, 3.63) is 97.9 Å². The van der Waals surface area contributed by atoms with Gasteiger partial charge in [-0.3, -0.25) is 0 Å². The van der Waals surface area contributed by atoms with Crippen molar-refractivity contribution in [2.75, 3.05) is 0 Å². The first-order valence-electron chi connectivity index (χ1n) is 8.46. The van der Waals surface area contributed by atoms with Gasteiger partial charge in [-0.2, -0.15) is 5.26 Å². The van der Waals surface area contributed by atoms with Crippen LogP contribution in [0.4, 0.5) is 0 Å². The third kappa shape index (κ3) is 5.69. The second-order valence-corrected chi connectivity index (χ2v) is 7.71. The van der Waals surface area contributed by atoms with Crippen LogP contribution < -0.4 is 4.74 Å². The van der Waals surface area contributed by atoms with Crippen molar-refractivity contribution in [1.82, 2.24) is 0 Å². The molecule has 140 valence electrons. The Hall–Kier alpha value is -2.62. The Kier molecular flexibility index (Phi) is 7.24. The molecule has 0 saturated carbocycles. The molecular weight excluding hydrogens is 484 g/mol. The zero-order valence-electron chi connectivity index (χ0n) is 14.8. The fraction of sp³-hybridized carbons (Fsp3) is 0.0909. The van der Waals surface area contributed by atoms with Gasteiger partial charge in [0.2, 0.25) is 0 Å². The summed E-state index contributed by atoms with van der Waals surface area (Å²) in [5.74, 6) is 0.705. The van der Waals surface area contributed by atoms with Crippen LogP contribution in [-0.2, 0) is 18.1 Å². The minimum atomic E-state index is 0.226. The van der Waals surface area contributed by atoms with E-state index in [-0.39, 0.29) is 6.61 Å². The third-order valence-electron chi connectivity index (χ3n) is 3.90. The Morgan fingerprint density at radius 2 is 1.68 bits per heavy atom. The van der Waals surface area contributed by atoms with E-state index in [4.69, 9.17) is 14.8 Å². The molecule has 0 fully saturated rings. The molecule has 6 heteroatoms. The molecule has 0 heterocycles. The van der Waals surface area contributed by atoms with E-state index in [2.05, 4.69) is 43.1 Å². The number of nitrogens with zero attached hydrogens (tertiary/aromatic N) is 2. The van der Waals surface area contributed by atoms with E-state index in [9.17, 15) is 0 Å². The second kappa shape index (κ2) is 10.1. The SMILES string of the molecule is N#Cc1ccccc1CO/N=C\c1cc(Br)ccc1OCc1ccc(Br)cc1. The van der Waals surface area contributed by atoms with E-state index >= 15 is 0 Å². The maximum atomic E-state index is 9.12. The van der Waals surface area contributed by atoms with Gasteiger partial charge in [-0.05, 0) is 42.0 Å². The van der Waals surface area contributed by atoms with Crippen molar-refractivity contribution >= 4 is 38.1 Å². The van der Waals surface area contributed by atoms with Gasteiger partial charge in [0.15, 0.2) is 0 Å². The smallest absolute Gasteiger partial charge is 0.143 e. The first kappa shape index (κ1) is 20.1. The molecule has 0 bridgehead atoms. The summed E-state index contributed by atoms with van der Waals surface area (Å²) in [6.45, 7) is 0.676. The van der Waals surface area contributed by atoms with Crippen molar-refractivity contribution in [3.8, 4) is 11.8 Å². The highest BCUT2D eigenvalue weighted by Crippen LogP contribution is 2.23. The fourth-order valence-corrected chi connectivity index (χ4v) is 3.09. The third-order valence-corrected chi connectivity index (χ3v) is 4.93. The van der Waals surface area contributed by atoms with Crippen LogP contribution in [0, 0.1) is 11.3 Å². The summed E-state index contributed by atoms with van der Waals surface area (Å²) in [5.41, 5.74) is 3.24. The van der Waals surface area contributed by atoms with Crippen LogP contribution in [0.5, 0.6) is 5.75 Å². The lowest BCUT2D eigenvalue weighted by Crippen LogP contribution is -1.99. The molecule has 3 aromatic carbocycles. The lowest BCUT2D eigenvalue weighted by atomic mass is 10.1. The summed E-state index contributed by atoms with van der Waals surface area (Å²) in [7, 11) is 0. The number of halogens is 2.